The molecule has 0 aromatic carbocycles. The van der Waals surface area contributed by atoms with Crippen LogP contribution in [0.25, 0.3) is 0 Å². The van der Waals surface area contributed by atoms with Gasteiger partial charge in [0.2, 0.25) is 0 Å². The normalized spacial score (nSPS) is 17.2. The molecule has 1 aliphatic rings. The summed E-state index contributed by atoms with van der Waals surface area (Å²) in [6.45, 7) is 3.23. The lowest BCUT2D eigenvalue weighted by molar-refractivity contribution is 0.152. The first-order valence-corrected chi connectivity index (χ1v) is 5.77. The standard InChI is InChI=1S/C11H15ClN2O2/c12-10-7-13-11(6-9(10)8-15)14-2-1-4-16-5-3-14/h6-7,15H,1-5,8H2. The van der Waals surface area contributed by atoms with Gasteiger partial charge in [-0.3, -0.25) is 0 Å². The zero-order valence-corrected chi connectivity index (χ0v) is 9.78. The summed E-state index contributed by atoms with van der Waals surface area (Å²) >= 11 is 5.90. The van der Waals surface area contributed by atoms with Crippen LogP contribution >= 0.6 is 11.6 Å². The molecular weight excluding hydrogens is 228 g/mol. The molecule has 0 aliphatic carbocycles. The third kappa shape index (κ3) is 2.64. The average Bonchev–Trinajstić information content (AvgIpc) is 2.58. The predicted molar refractivity (Wildman–Crippen MR) is 62.8 cm³/mol. The third-order valence-corrected chi connectivity index (χ3v) is 2.98. The van der Waals surface area contributed by atoms with Gasteiger partial charge in [-0.15, -0.1) is 0 Å². The molecule has 0 amide bonds. The van der Waals surface area contributed by atoms with Gasteiger partial charge in [0.25, 0.3) is 0 Å². The summed E-state index contributed by atoms with van der Waals surface area (Å²) in [7, 11) is 0. The molecule has 0 radical (unpaired) electrons. The molecule has 0 spiro atoms. The second-order valence-electron chi connectivity index (χ2n) is 3.74. The van der Waals surface area contributed by atoms with Crippen molar-refractivity contribution < 1.29 is 9.84 Å². The fourth-order valence-electron chi connectivity index (χ4n) is 1.74. The number of aromatic nitrogens is 1. The van der Waals surface area contributed by atoms with E-state index in [2.05, 4.69) is 9.88 Å². The maximum Gasteiger partial charge on any atom is 0.129 e. The zero-order chi connectivity index (χ0) is 11.4. The Bertz CT molecular complexity index is 352. The Hall–Kier alpha value is -0.840. The van der Waals surface area contributed by atoms with E-state index in [1.165, 1.54) is 0 Å². The van der Waals surface area contributed by atoms with Crippen molar-refractivity contribution in [2.24, 2.45) is 0 Å². The lowest BCUT2D eigenvalue weighted by atomic mass is 10.2. The number of ether oxygens (including phenoxy) is 1. The van der Waals surface area contributed by atoms with Gasteiger partial charge in [0.1, 0.15) is 5.82 Å². The number of aliphatic hydroxyl groups is 1. The maximum absolute atomic E-state index is 9.14. The van der Waals surface area contributed by atoms with Gasteiger partial charge in [-0.25, -0.2) is 4.98 Å². The molecule has 0 bridgehead atoms. The van der Waals surface area contributed by atoms with Gasteiger partial charge in [0.15, 0.2) is 0 Å². The van der Waals surface area contributed by atoms with Gasteiger partial charge in [0.05, 0.1) is 18.2 Å². The van der Waals surface area contributed by atoms with Crippen molar-refractivity contribution in [1.29, 1.82) is 0 Å². The number of rotatable bonds is 2. The Morgan fingerprint density at radius 3 is 3.12 bits per heavy atom. The molecule has 1 aliphatic heterocycles. The van der Waals surface area contributed by atoms with Crippen molar-refractivity contribution in [3.63, 3.8) is 0 Å². The van der Waals surface area contributed by atoms with Crippen LogP contribution in [0.1, 0.15) is 12.0 Å². The van der Waals surface area contributed by atoms with Crippen LogP contribution in [-0.4, -0.2) is 36.4 Å². The van der Waals surface area contributed by atoms with E-state index in [4.69, 9.17) is 21.4 Å². The first-order valence-electron chi connectivity index (χ1n) is 5.39. The molecule has 88 valence electrons. The SMILES string of the molecule is OCc1cc(N2CCCOCC2)ncc1Cl. The Morgan fingerprint density at radius 1 is 1.44 bits per heavy atom. The maximum atomic E-state index is 9.14. The minimum Gasteiger partial charge on any atom is -0.392 e. The van der Waals surface area contributed by atoms with Gasteiger partial charge in [-0.05, 0) is 12.5 Å². The van der Waals surface area contributed by atoms with Crippen LogP contribution in [0.4, 0.5) is 5.82 Å². The van der Waals surface area contributed by atoms with E-state index in [0.29, 0.717) is 5.02 Å². The van der Waals surface area contributed by atoms with Crippen LogP contribution in [0.3, 0.4) is 0 Å². The van der Waals surface area contributed by atoms with Crippen molar-refractivity contribution in [3.8, 4) is 0 Å². The Morgan fingerprint density at radius 2 is 2.31 bits per heavy atom. The molecule has 0 atom stereocenters. The smallest absolute Gasteiger partial charge is 0.129 e. The average molecular weight is 243 g/mol. The highest BCUT2D eigenvalue weighted by Gasteiger charge is 2.12. The molecule has 4 nitrogen and oxygen atoms in total. The molecule has 0 saturated carbocycles. The fraction of sp³-hybridized carbons (Fsp3) is 0.545. The minimum atomic E-state index is -0.0569. The van der Waals surface area contributed by atoms with Gasteiger partial charge in [0, 0.05) is 31.5 Å². The second kappa shape index (κ2) is 5.48. The summed E-state index contributed by atoms with van der Waals surface area (Å²) < 4.78 is 5.38. The van der Waals surface area contributed by atoms with Crippen molar-refractivity contribution >= 4 is 17.4 Å². The number of hydrogen-bond acceptors (Lipinski definition) is 4. The summed E-state index contributed by atoms with van der Waals surface area (Å²) in [6.07, 6.45) is 2.59. The van der Waals surface area contributed by atoms with Crippen molar-refractivity contribution in [2.45, 2.75) is 13.0 Å². The molecule has 0 unspecified atom stereocenters. The van der Waals surface area contributed by atoms with E-state index in [9.17, 15) is 0 Å². The van der Waals surface area contributed by atoms with Crippen LogP contribution in [0, 0.1) is 0 Å². The van der Waals surface area contributed by atoms with Gasteiger partial charge in [-0.1, -0.05) is 11.6 Å². The topological polar surface area (TPSA) is 45.6 Å². The Kier molecular flexibility index (Phi) is 3.98. The lowest BCUT2D eigenvalue weighted by Crippen LogP contribution is -2.26. The van der Waals surface area contributed by atoms with Crippen LogP contribution in [0.5, 0.6) is 0 Å². The number of hydrogen-bond donors (Lipinski definition) is 1. The summed E-state index contributed by atoms with van der Waals surface area (Å²) in [6, 6.07) is 1.84. The molecule has 1 N–H and O–H groups in total. The van der Waals surface area contributed by atoms with Gasteiger partial charge < -0.3 is 14.7 Å². The molecule has 1 aromatic rings. The summed E-state index contributed by atoms with van der Waals surface area (Å²) in [5.74, 6) is 0.860. The summed E-state index contributed by atoms with van der Waals surface area (Å²) in [4.78, 5) is 6.43. The third-order valence-electron chi connectivity index (χ3n) is 2.64. The molecule has 1 fully saturated rings. The molecule has 5 heteroatoms. The molecule has 1 saturated heterocycles. The summed E-state index contributed by atoms with van der Waals surface area (Å²) in [5, 5.41) is 9.65. The molecule has 1 aromatic heterocycles. The zero-order valence-electron chi connectivity index (χ0n) is 9.03. The van der Waals surface area contributed by atoms with Crippen LogP contribution in [0.15, 0.2) is 12.3 Å². The van der Waals surface area contributed by atoms with E-state index in [1.54, 1.807) is 6.20 Å². The first-order chi connectivity index (χ1) is 7.81. The Balaban J connectivity index is 2.18. The van der Waals surface area contributed by atoms with Crippen molar-refractivity contribution in [2.75, 3.05) is 31.2 Å². The van der Waals surface area contributed by atoms with E-state index >= 15 is 0 Å². The molecular formula is C11H15ClN2O2. The van der Waals surface area contributed by atoms with E-state index in [-0.39, 0.29) is 6.61 Å². The molecule has 2 rings (SSSR count). The largest absolute Gasteiger partial charge is 0.392 e. The fourth-order valence-corrected chi connectivity index (χ4v) is 1.90. The van der Waals surface area contributed by atoms with Crippen molar-refractivity contribution in [1.82, 2.24) is 4.98 Å². The van der Waals surface area contributed by atoms with E-state index in [0.717, 1.165) is 44.1 Å². The highest BCUT2D eigenvalue weighted by Crippen LogP contribution is 2.21. The van der Waals surface area contributed by atoms with Crippen LogP contribution in [-0.2, 0) is 11.3 Å². The number of anilines is 1. The monoisotopic (exact) mass is 242 g/mol. The number of nitrogens with zero attached hydrogens (tertiary/aromatic N) is 2. The minimum absolute atomic E-state index is 0.0569. The van der Waals surface area contributed by atoms with Crippen LogP contribution < -0.4 is 4.90 Å². The highest BCUT2D eigenvalue weighted by atomic mass is 35.5. The molecule has 16 heavy (non-hydrogen) atoms. The van der Waals surface area contributed by atoms with E-state index < -0.39 is 0 Å². The number of halogens is 1. The number of pyridine rings is 1. The highest BCUT2D eigenvalue weighted by molar-refractivity contribution is 6.31. The van der Waals surface area contributed by atoms with Gasteiger partial charge >= 0.3 is 0 Å². The number of aliphatic hydroxyl groups excluding tert-OH is 1. The quantitative estimate of drug-likeness (QED) is 0.853. The first kappa shape index (κ1) is 11.6. The lowest BCUT2D eigenvalue weighted by Gasteiger charge is -2.21. The second-order valence-corrected chi connectivity index (χ2v) is 4.15. The summed E-state index contributed by atoms with van der Waals surface area (Å²) in [5.41, 5.74) is 0.719. The predicted octanol–water partition coefficient (Wildman–Crippen LogP) is 1.45. The van der Waals surface area contributed by atoms with Crippen molar-refractivity contribution in [3.05, 3.63) is 22.8 Å². The molecule has 2 heterocycles. The van der Waals surface area contributed by atoms with Gasteiger partial charge in [-0.2, -0.15) is 0 Å². The van der Waals surface area contributed by atoms with E-state index in [1.807, 2.05) is 6.07 Å². The Labute approximate surface area is 99.8 Å². The van der Waals surface area contributed by atoms with Crippen LogP contribution in [0.2, 0.25) is 5.02 Å².